The summed E-state index contributed by atoms with van der Waals surface area (Å²) in [4.78, 5) is 22.9. The van der Waals surface area contributed by atoms with Crippen LogP contribution in [0.3, 0.4) is 0 Å². The summed E-state index contributed by atoms with van der Waals surface area (Å²) in [6.07, 6.45) is 4.64. The van der Waals surface area contributed by atoms with Crippen molar-refractivity contribution in [1.82, 2.24) is 9.97 Å². The SMILES string of the molecule is C=CCc1c(C)nc(-c2ccc(CCC)s2)nc1Nc1ccc(C(=O)O)cc1. The summed E-state index contributed by atoms with van der Waals surface area (Å²) in [6.45, 7) is 7.98. The van der Waals surface area contributed by atoms with Crippen molar-refractivity contribution in [3.8, 4) is 10.7 Å². The van der Waals surface area contributed by atoms with Crippen molar-refractivity contribution in [3.63, 3.8) is 0 Å². The highest BCUT2D eigenvalue weighted by Gasteiger charge is 2.14. The number of benzene rings is 1. The number of carbonyl (C=O) groups is 1. The Balaban J connectivity index is 1.97. The van der Waals surface area contributed by atoms with Crippen molar-refractivity contribution in [3.05, 3.63) is 70.8 Å². The fourth-order valence-electron chi connectivity index (χ4n) is 2.91. The van der Waals surface area contributed by atoms with Crippen LogP contribution in [0.5, 0.6) is 0 Å². The number of rotatable bonds is 8. The van der Waals surface area contributed by atoms with Gasteiger partial charge >= 0.3 is 5.97 Å². The number of aromatic carboxylic acids is 1. The molecule has 28 heavy (non-hydrogen) atoms. The molecular weight excluding hydrogens is 370 g/mol. The third kappa shape index (κ3) is 4.46. The first kappa shape index (κ1) is 19.8. The van der Waals surface area contributed by atoms with Crippen LogP contribution in [0.15, 0.2) is 49.1 Å². The number of anilines is 2. The van der Waals surface area contributed by atoms with Gasteiger partial charge < -0.3 is 10.4 Å². The maximum atomic E-state index is 11.1. The second kappa shape index (κ2) is 8.80. The van der Waals surface area contributed by atoms with Gasteiger partial charge in [-0.1, -0.05) is 19.4 Å². The summed E-state index contributed by atoms with van der Waals surface area (Å²) in [5.41, 5.74) is 2.90. The van der Waals surface area contributed by atoms with E-state index in [0.717, 1.165) is 40.5 Å². The highest BCUT2D eigenvalue weighted by Crippen LogP contribution is 2.30. The molecule has 0 spiro atoms. The fourth-order valence-corrected chi connectivity index (χ4v) is 3.95. The van der Waals surface area contributed by atoms with Gasteiger partial charge in [-0.3, -0.25) is 0 Å². The van der Waals surface area contributed by atoms with E-state index in [0.29, 0.717) is 12.2 Å². The third-order valence-electron chi connectivity index (χ3n) is 4.34. The van der Waals surface area contributed by atoms with E-state index in [2.05, 4.69) is 31.0 Å². The summed E-state index contributed by atoms with van der Waals surface area (Å²) in [5, 5.41) is 12.4. The molecule has 3 aromatic rings. The van der Waals surface area contributed by atoms with E-state index in [1.165, 1.54) is 4.88 Å². The molecule has 0 saturated carbocycles. The number of hydrogen-bond acceptors (Lipinski definition) is 5. The van der Waals surface area contributed by atoms with Crippen LogP contribution >= 0.6 is 11.3 Å². The first-order chi connectivity index (χ1) is 13.5. The largest absolute Gasteiger partial charge is 0.478 e. The van der Waals surface area contributed by atoms with Crippen LogP contribution in [0.1, 0.15) is 39.8 Å². The molecule has 0 unspecified atom stereocenters. The molecule has 1 aromatic carbocycles. The molecular formula is C22H23N3O2S. The van der Waals surface area contributed by atoms with Crippen LogP contribution < -0.4 is 5.32 Å². The van der Waals surface area contributed by atoms with Gasteiger partial charge in [-0.15, -0.1) is 17.9 Å². The Hall–Kier alpha value is -2.99. The summed E-state index contributed by atoms with van der Waals surface area (Å²) in [5.74, 6) is 0.470. The highest BCUT2D eigenvalue weighted by molar-refractivity contribution is 7.15. The van der Waals surface area contributed by atoms with Crippen LogP contribution in [0.4, 0.5) is 11.5 Å². The number of hydrogen-bond donors (Lipinski definition) is 2. The van der Waals surface area contributed by atoms with Crippen molar-refractivity contribution >= 4 is 28.8 Å². The van der Waals surface area contributed by atoms with E-state index in [4.69, 9.17) is 15.1 Å². The second-order valence-corrected chi connectivity index (χ2v) is 7.64. The molecule has 6 heteroatoms. The Kier molecular flexibility index (Phi) is 6.21. The molecule has 0 radical (unpaired) electrons. The molecule has 3 rings (SSSR count). The lowest BCUT2D eigenvalue weighted by Crippen LogP contribution is -2.05. The summed E-state index contributed by atoms with van der Waals surface area (Å²) in [6, 6.07) is 10.8. The summed E-state index contributed by atoms with van der Waals surface area (Å²) < 4.78 is 0. The van der Waals surface area contributed by atoms with Gasteiger partial charge in [-0.05, 0) is 56.2 Å². The number of carboxylic acid groups (broad SMARTS) is 1. The Morgan fingerprint density at radius 3 is 2.61 bits per heavy atom. The Bertz CT molecular complexity index is 994. The molecule has 0 saturated heterocycles. The average molecular weight is 394 g/mol. The Morgan fingerprint density at radius 1 is 1.21 bits per heavy atom. The summed E-state index contributed by atoms with van der Waals surface area (Å²) in [7, 11) is 0. The molecule has 0 aliphatic heterocycles. The zero-order valence-corrected chi connectivity index (χ0v) is 16.8. The summed E-state index contributed by atoms with van der Waals surface area (Å²) >= 11 is 1.72. The van der Waals surface area contributed by atoms with Gasteiger partial charge in [0.05, 0.1) is 10.4 Å². The molecule has 0 aliphatic carbocycles. The standard InChI is InChI=1S/C22H23N3O2S/c1-4-6-17-12-13-19(28-17)21-23-14(3)18(7-5-2)20(25-21)24-16-10-8-15(9-11-16)22(26)27/h5,8-13H,2,4,6-7H2,1,3H3,(H,26,27)(H,23,24,25). The third-order valence-corrected chi connectivity index (χ3v) is 5.48. The molecule has 5 nitrogen and oxygen atoms in total. The lowest BCUT2D eigenvalue weighted by Gasteiger charge is -2.14. The lowest BCUT2D eigenvalue weighted by atomic mass is 10.1. The van der Waals surface area contributed by atoms with E-state index in [9.17, 15) is 4.79 Å². The molecule has 0 bridgehead atoms. The van der Waals surface area contributed by atoms with E-state index in [1.807, 2.05) is 13.0 Å². The van der Waals surface area contributed by atoms with Crippen LogP contribution in [0.25, 0.3) is 10.7 Å². The number of nitrogens with one attached hydrogen (secondary N) is 1. The first-order valence-corrected chi connectivity index (χ1v) is 10.0. The smallest absolute Gasteiger partial charge is 0.335 e. The van der Waals surface area contributed by atoms with E-state index in [1.54, 1.807) is 35.6 Å². The van der Waals surface area contributed by atoms with E-state index >= 15 is 0 Å². The van der Waals surface area contributed by atoms with Crippen LogP contribution in [0.2, 0.25) is 0 Å². The predicted octanol–water partition coefficient (Wildman–Crippen LogP) is 5.64. The zero-order valence-electron chi connectivity index (χ0n) is 16.0. The molecule has 144 valence electrons. The number of carboxylic acids is 1. The Labute approximate surface area is 168 Å². The maximum absolute atomic E-state index is 11.1. The van der Waals surface area contributed by atoms with Crippen molar-refractivity contribution in [2.75, 3.05) is 5.32 Å². The lowest BCUT2D eigenvalue weighted by molar-refractivity contribution is 0.0697. The minimum Gasteiger partial charge on any atom is -0.478 e. The quantitative estimate of drug-likeness (QED) is 0.485. The van der Waals surface area contributed by atoms with Crippen molar-refractivity contribution < 1.29 is 9.90 Å². The van der Waals surface area contributed by atoms with Gasteiger partial charge in [-0.25, -0.2) is 14.8 Å². The first-order valence-electron chi connectivity index (χ1n) is 9.19. The minimum absolute atomic E-state index is 0.249. The zero-order chi connectivity index (χ0) is 20.1. The van der Waals surface area contributed by atoms with Gasteiger partial charge in [0.25, 0.3) is 0 Å². The molecule has 0 aliphatic rings. The second-order valence-electron chi connectivity index (χ2n) is 6.48. The molecule has 0 fully saturated rings. The van der Waals surface area contributed by atoms with Gasteiger partial charge in [-0.2, -0.15) is 0 Å². The fraction of sp³-hybridized carbons (Fsp3) is 0.227. The van der Waals surface area contributed by atoms with Crippen molar-refractivity contribution in [1.29, 1.82) is 0 Å². The Morgan fingerprint density at radius 2 is 1.96 bits per heavy atom. The average Bonchev–Trinajstić information content (AvgIpc) is 3.14. The maximum Gasteiger partial charge on any atom is 0.335 e. The predicted molar refractivity (Wildman–Crippen MR) is 115 cm³/mol. The van der Waals surface area contributed by atoms with Crippen LogP contribution in [-0.2, 0) is 12.8 Å². The topological polar surface area (TPSA) is 75.1 Å². The number of nitrogens with zero attached hydrogens (tertiary/aromatic N) is 2. The van der Waals surface area contributed by atoms with Crippen molar-refractivity contribution in [2.24, 2.45) is 0 Å². The van der Waals surface area contributed by atoms with E-state index in [-0.39, 0.29) is 5.56 Å². The molecule has 2 aromatic heterocycles. The molecule has 2 heterocycles. The number of thiophene rings is 1. The molecule has 2 N–H and O–H groups in total. The van der Waals surface area contributed by atoms with Crippen LogP contribution in [-0.4, -0.2) is 21.0 Å². The van der Waals surface area contributed by atoms with Gasteiger partial charge in [0, 0.05) is 21.8 Å². The normalized spacial score (nSPS) is 10.6. The monoisotopic (exact) mass is 393 g/mol. The highest BCUT2D eigenvalue weighted by atomic mass is 32.1. The van der Waals surface area contributed by atoms with Gasteiger partial charge in [0.15, 0.2) is 5.82 Å². The number of aromatic nitrogens is 2. The molecule has 0 amide bonds. The van der Waals surface area contributed by atoms with Crippen LogP contribution in [0, 0.1) is 6.92 Å². The number of allylic oxidation sites excluding steroid dienone is 1. The molecule has 0 atom stereocenters. The van der Waals surface area contributed by atoms with E-state index < -0.39 is 5.97 Å². The van der Waals surface area contributed by atoms with Gasteiger partial charge in [0.1, 0.15) is 5.82 Å². The van der Waals surface area contributed by atoms with Gasteiger partial charge in [0.2, 0.25) is 0 Å². The van der Waals surface area contributed by atoms with Crippen molar-refractivity contribution in [2.45, 2.75) is 33.1 Å². The minimum atomic E-state index is -0.945. The number of aryl methyl sites for hydroxylation is 2.